The predicted octanol–water partition coefficient (Wildman–Crippen LogP) is 3.58. The average molecular weight is 472 g/mol. The van der Waals surface area contributed by atoms with Gasteiger partial charge >= 0.3 is 0 Å². The lowest BCUT2D eigenvalue weighted by molar-refractivity contribution is -0.122. The van der Waals surface area contributed by atoms with Gasteiger partial charge in [-0.25, -0.2) is 8.42 Å². The molecule has 10 heteroatoms. The van der Waals surface area contributed by atoms with E-state index in [-0.39, 0.29) is 14.9 Å². The highest BCUT2D eigenvalue weighted by atomic mass is 35.5. The van der Waals surface area contributed by atoms with Gasteiger partial charge in [0.1, 0.15) is 4.90 Å². The summed E-state index contributed by atoms with van der Waals surface area (Å²) in [4.78, 5) is 11.9. The van der Waals surface area contributed by atoms with Crippen molar-refractivity contribution < 1.29 is 13.2 Å². The third kappa shape index (κ3) is 6.63. The van der Waals surface area contributed by atoms with Gasteiger partial charge in [0.2, 0.25) is 15.9 Å². The van der Waals surface area contributed by atoms with E-state index in [2.05, 4.69) is 16.1 Å². The summed E-state index contributed by atoms with van der Waals surface area (Å²) < 4.78 is 27.3. The number of hydrogen-bond acceptors (Lipinski definition) is 5. The van der Waals surface area contributed by atoms with Gasteiger partial charge < -0.3 is 5.32 Å². The van der Waals surface area contributed by atoms with Crippen molar-refractivity contribution in [2.45, 2.75) is 23.6 Å². The standard InChI is InChI=1S/C19H19Cl2N3O3S2/c1-13(24-29(26,27)18-16(20)7-4-8-17(18)21)19(25)23-9-10-28-12-15-6-3-2-5-14(15)11-22/h2-8,13,24H,9-10,12H2,1H3,(H,23,25)/t13-/m1/s1. The SMILES string of the molecule is C[C@@H](NS(=O)(=O)c1c(Cl)cccc1Cl)C(=O)NCCSCc1ccccc1C#N. The lowest BCUT2D eigenvalue weighted by Gasteiger charge is -2.15. The van der Waals surface area contributed by atoms with Gasteiger partial charge in [0.25, 0.3) is 0 Å². The van der Waals surface area contributed by atoms with Crippen LogP contribution in [0.15, 0.2) is 47.4 Å². The van der Waals surface area contributed by atoms with Gasteiger partial charge in [-0.15, -0.1) is 0 Å². The summed E-state index contributed by atoms with van der Waals surface area (Å²) in [5.41, 5.74) is 1.56. The highest BCUT2D eigenvalue weighted by molar-refractivity contribution is 7.98. The first-order valence-electron chi connectivity index (χ1n) is 8.56. The number of rotatable bonds is 9. The van der Waals surface area contributed by atoms with Crippen molar-refractivity contribution in [1.29, 1.82) is 5.26 Å². The van der Waals surface area contributed by atoms with Crippen molar-refractivity contribution in [2.24, 2.45) is 0 Å². The van der Waals surface area contributed by atoms with Gasteiger partial charge in [-0.1, -0.05) is 47.5 Å². The van der Waals surface area contributed by atoms with Crippen molar-refractivity contribution >= 4 is 50.9 Å². The highest BCUT2D eigenvalue weighted by Crippen LogP contribution is 2.28. The third-order valence-corrected chi connectivity index (χ3v) is 7.36. The van der Waals surface area contributed by atoms with Gasteiger partial charge in [-0.05, 0) is 30.7 Å². The van der Waals surface area contributed by atoms with Crippen LogP contribution in [0.25, 0.3) is 0 Å². The fraction of sp³-hybridized carbons (Fsp3) is 0.263. The van der Waals surface area contributed by atoms with Crippen molar-refractivity contribution in [2.75, 3.05) is 12.3 Å². The second kappa shape index (κ2) is 10.9. The molecule has 2 N–H and O–H groups in total. The maximum atomic E-state index is 12.5. The molecule has 0 aliphatic rings. The van der Waals surface area contributed by atoms with E-state index in [1.165, 1.54) is 25.1 Å². The molecule has 2 rings (SSSR count). The Kier molecular flexibility index (Phi) is 8.80. The van der Waals surface area contributed by atoms with Crippen molar-refractivity contribution in [3.63, 3.8) is 0 Å². The smallest absolute Gasteiger partial charge is 0.244 e. The monoisotopic (exact) mass is 471 g/mol. The molecule has 6 nitrogen and oxygen atoms in total. The fourth-order valence-corrected chi connectivity index (χ4v) is 5.63. The second-order valence-electron chi connectivity index (χ2n) is 6.01. The van der Waals surface area contributed by atoms with E-state index >= 15 is 0 Å². The Morgan fingerprint density at radius 2 is 1.83 bits per heavy atom. The topological polar surface area (TPSA) is 99.1 Å². The largest absolute Gasteiger partial charge is 0.354 e. The van der Waals surface area contributed by atoms with Crippen molar-refractivity contribution in [1.82, 2.24) is 10.0 Å². The van der Waals surface area contributed by atoms with Gasteiger partial charge in [0, 0.05) is 18.1 Å². The Balaban J connectivity index is 1.83. The van der Waals surface area contributed by atoms with Crippen LogP contribution < -0.4 is 10.0 Å². The number of amides is 1. The van der Waals surface area contributed by atoms with Crippen LogP contribution in [-0.2, 0) is 20.6 Å². The number of carbonyl (C=O) groups excluding carboxylic acids is 1. The number of benzene rings is 2. The zero-order valence-electron chi connectivity index (χ0n) is 15.5. The average Bonchev–Trinajstić information content (AvgIpc) is 2.67. The van der Waals surface area contributed by atoms with E-state index in [4.69, 9.17) is 28.5 Å². The van der Waals surface area contributed by atoms with E-state index in [0.29, 0.717) is 23.6 Å². The van der Waals surface area contributed by atoms with Crippen LogP contribution in [-0.4, -0.2) is 32.7 Å². The van der Waals surface area contributed by atoms with Gasteiger partial charge in [0.05, 0.1) is 27.7 Å². The Bertz CT molecular complexity index is 1000. The van der Waals surface area contributed by atoms with Gasteiger partial charge in [0.15, 0.2) is 0 Å². The highest BCUT2D eigenvalue weighted by Gasteiger charge is 2.26. The molecule has 2 aromatic rings. The molecule has 2 aromatic carbocycles. The van der Waals surface area contributed by atoms with Crippen LogP contribution in [0, 0.1) is 11.3 Å². The lowest BCUT2D eigenvalue weighted by Crippen LogP contribution is -2.45. The third-order valence-electron chi connectivity index (χ3n) is 3.85. The molecule has 0 aliphatic carbocycles. The Hall–Kier alpha value is -1.76. The number of thioether (sulfide) groups is 1. The number of halogens is 2. The molecule has 29 heavy (non-hydrogen) atoms. The number of nitriles is 1. The Labute approximate surface area is 184 Å². The van der Waals surface area contributed by atoms with Gasteiger partial charge in [-0.2, -0.15) is 21.7 Å². The number of hydrogen-bond donors (Lipinski definition) is 2. The number of carbonyl (C=O) groups is 1. The normalized spacial score (nSPS) is 12.2. The summed E-state index contributed by atoms with van der Waals surface area (Å²) in [5, 5.41) is 11.7. The zero-order valence-corrected chi connectivity index (χ0v) is 18.6. The first-order valence-corrected chi connectivity index (χ1v) is 12.0. The van der Waals surface area contributed by atoms with Crippen LogP contribution in [0.5, 0.6) is 0 Å². The minimum atomic E-state index is -4.06. The molecule has 0 aliphatic heterocycles. The van der Waals surface area contributed by atoms with Crippen molar-refractivity contribution in [3.8, 4) is 6.07 Å². The minimum Gasteiger partial charge on any atom is -0.354 e. The molecule has 0 spiro atoms. The molecule has 1 atom stereocenters. The molecule has 0 aromatic heterocycles. The van der Waals surface area contributed by atoms with Crippen LogP contribution in [0.4, 0.5) is 0 Å². The quantitative estimate of drug-likeness (QED) is 0.544. The minimum absolute atomic E-state index is 0.0216. The van der Waals surface area contributed by atoms with Gasteiger partial charge in [-0.3, -0.25) is 4.79 Å². The van der Waals surface area contributed by atoms with Crippen LogP contribution in [0.3, 0.4) is 0 Å². The molecular weight excluding hydrogens is 453 g/mol. The summed E-state index contributed by atoms with van der Waals surface area (Å²) in [6.07, 6.45) is 0. The maximum absolute atomic E-state index is 12.5. The van der Waals surface area contributed by atoms with E-state index in [1.54, 1.807) is 17.8 Å². The van der Waals surface area contributed by atoms with Crippen molar-refractivity contribution in [3.05, 3.63) is 63.6 Å². The molecule has 0 saturated heterocycles. The lowest BCUT2D eigenvalue weighted by atomic mass is 10.1. The molecular formula is C19H19Cl2N3O3S2. The molecule has 154 valence electrons. The number of nitrogens with one attached hydrogen (secondary N) is 2. The summed E-state index contributed by atoms with van der Waals surface area (Å²) in [5.74, 6) is 0.795. The first kappa shape index (κ1) is 23.5. The summed E-state index contributed by atoms with van der Waals surface area (Å²) >= 11 is 13.4. The molecule has 0 bridgehead atoms. The number of sulfonamides is 1. The zero-order chi connectivity index (χ0) is 21.4. The fourth-order valence-electron chi connectivity index (χ4n) is 2.42. The summed E-state index contributed by atoms with van der Waals surface area (Å²) in [7, 11) is -4.06. The Morgan fingerprint density at radius 3 is 2.48 bits per heavy atom. The van der Waals surface area contributed by atoms with Crippen LogP contribution >= 0.6 is 35.0 Å². The Morgan fingerprint density at radius 1 is 1.17 bits per heavy atom. The number of nitrogens with zero attached hydrogens (tertiary/aromatic N) is 1. The molecule has 1 amide bonds. The molecule has 0 radical (unpaired) electrons. The van der Waals surface area contributed by atoms with Crippen LogP contribution in [0.2, 0.25) is 10.0 Å². The molecule has 0 unspecified atom stereocenters. The molecule has 0 saturated carbocycles. The second-order valence-corrected chi connectivity index (χ2v) is 9.58. The predicted molar refractivity (Wildman–Crippen MR) is 117 cm³/mol. The molecule has 0 heterocycles. The molecule has 0 fully saturated rings. The first-order chi connectivity index (χ1) is 13.8. The maximum Gasteiger partial charge on any atom is 0.244 e. The van der Waals surface area contributed by atoms with Crippen LogP contribution in [0.1, 0.15) is 18.1 Å². The van der Waals surface area contributed by atoms with E-state index in [1.807, 2.05) is 18.2 Å². The summed E-state index contributed by atoms with van der Waals surface area (Å²) in [6, 6.07) is 12.8. The van der Waals surface area contributed by atoms with E-state index in [9.17, 15) is 13.2 Å². The summed E-state index contributed by atoms with van der Waals surface area (Å²) in [6.45, 7) is 1.80. The van der Waals surface area contributed by atoms with E-state index < -0.39 is 22.0 Å². The van der Waals surface area contributed by atoms with E-state index in [0.717, 1.165) is 5.56 Å².